The number of hydrogen-bond acceptors (Lipinski definition) is 6. The largest absolute Gasteiger partial charge is 0.334 e. The van der Waals surface area contributed by atoms with E-state index in [1.807, 2.05) is 30.3 Å². The van der Waals surface area contributed by atoms with Crippen molar-refractivity contribution in [2.24, 2.45) is 12.8 Å². The van der Waals surface area contributed by atoms with Gasteiger partial charge in [0, 0.05) is 30.8 Å². The second-order valence-electron chi connectivity index (χ2n) is 6.89. The lowest BCUT2D eigenvalue weighted by atomic mass is 10.1. The predicted octanol–water partition coefficient (Wildman–Crippen LogP) is 2.74. The van der Waals surface area contributed by atoms with Gasteiger partial charge in [0.05, 0.1) is 10.9 Å². The van der Waals surface area contributed by atoms with Crippen LogP contribution in [0, 0.1) is 0 Å². The minimum Gasteiger partial charge on any atom is -0.334 e. The second kappa shape index (κ2) is 6.88. The molecule has 0 radical (unpaired) electrons. The Balaban J connectivity index is 0.00000192. The van der Waals surface area contributed by atoms with Crippen LogP contribution < -0.4 is 11.3 Å². The van der Waals surface area contributed by atoms with Crippen LogP contribution in [0.5, 0.6) is 0 Å². The minimum absolute atomic E-state index is 0. The number of rotatable bonds is 4. The number of fused-ring (bicyclic) bond motifs is 1. The molecule has 0 amide bonds. The van der Waals surface area contributed by atoms with Crippen LogP contribution in [0.2, 0.25) is 0 Å². The molecule has 8 nitrogen and oxygen atoms in total. The average Bonchev–Trinajstić information content (AvgIpc) is 3.36. The molecule has 0 atom stereocenters. The summed E-state index contributed by atoms with van der Waals surface area (Å²) in [5.41, 5.74) is 9.47. The summed E-state index contributed by atoms with van der Waals surface area (Å²) in [4.78, 5) is 21.6. The van der Waals surface area contributed by atoms with Gasteiger partial charge in [-0.1, -0.05) is 29.4 Å². The number of nitrogens with zero attached hydrogens (tertiary/aromatic N) is 4. The molecule has 3 N–H and O–H groups in total. The van der Waals surface area contributed by atoms with Gasteiger partial charge in [-0.2, -0.15) is 4.98 Å². The van der Waals surface area contributed by atoms with Crippen LogP contribution in [0.15, 0.2) is 39.6 Å². The van der Waals surface area contributed by atoms with E-state index in [2.05, 4.69) is 20.2 Å². The Labute approximate surface area is 166 Å². The van der Waals surface area contributed by atoms with E-state index >= 15 is 0 Å². The van der Waals surface area contributed by atoms with Gasteiger partial charge in [0.25, 0.3) is 11.4 Å². The topological polar surface area (TPSA) is 116 Å². The summed E-state index contributed by atoms with van der Waals surface area (Å²) in [5.74, 6) is 1.22. The molecule has 3 heterocycles. The Morgan fingerprint density at radius 2 is 2.00 bits per heavy atom. The van der Waals surface area contributed by atoms with E-state index in [0.717, 1.165) is 29.7 Å². The van der Waals surface area contributed by atoms with E-state index in [4.69, 9.17) is 10.3 Å². The van der Waals surface area contributed by atoms with Gasteiger partial charge in [-0.05, 0) is 24.5 Å². The molecule has 5 rings (SSSR count). The molecule has 9 heteroatoms. The van der Waals surface area contributed by atoms with Gasteiger partial charge < -0.3 is 10.3 Å². The fraction of sp³-hybridized carbons (Fsp3) is 0.263. The van der Waals surface area contributed by atoms with Crippen LogP contribution in [-0.2, 0) is 13.6 Å². The second-order valence-corrected chi connectivity index (χ2v) is 6.89. The quantitative estimate of drug-likeness (QED) is 0.546. The Hall–Kier alpha value is -2.97. The van der Waals surface area contributed by atoms with Crippen LogP contribution in [0.4, 0.5) is 0 Å². The first-order valence-electron chi connectivity index (χ1n) is 8.87. The molecule has 0 unspecified atom stereocenters. The van der Waals surface area contributed by atoms with Crippen LogP contribution in [0.25, 0.3) is 33.9 Å². The van der Waals surface area contributed by atoms with Crippen LogP contribution in [0.1, 0.15) is 30.0 Å². The summed E-state index contributed by atoms with van der Waals surface area (Å²) in [6.45, 7) is 0.480. The highest BCUT2D eigenvalue weighted by molar-refractivity contribution is 5.90. The lowest BCUT2D eigenvalue weighted by Crippen LogP contribution is -2.02. The fourth-order valence-electron chi connectivity index (χ4n) is 3.28. The molecule has 0 bridgehead atoms. The third kappa shape index (κ3) is 3.00. The van der Waals surface area contributed by atoms with Gasteiger partial charge >= 0.3 is 0 Å². The molecule has 4 aromatic rings. The number of aromatic nitrogens is 5. The summed E-state index contributed by atoms with van der Waals surface area (Å²) >= 11 is 0. The van der Waals surface area contributed by atoms with Crippen molar-refractivity contribution < 1.29 is 4.52 Å². The Morgan fingerprint density at radius 3 is 2.68 bits per heavy atom. The van der Waals surface area contributed by atoms with E-state index in [9.17, 15) is 4.79 Å². The van der Waals surface area contributed by atoms with Gasteiger partial charge in [0.15, 0.2) is 5.65 Å². The molecular formula is C19H19ClN6O2. The third-order valence-corrected chi connectivity index (χ3v) is 4.93. The number of pyridine rings is 1. The van der Waals surface area contributed by atoms with E-state index in [0.29, 0.717) is 40.8 Å². The number of nitrogens with two attached hydrogens (primary N) is 1. The number of halogens is 1. The molecule has 0 spiro atoms. The maximum atomic E-state index is 12.4. The first kappa shape index (κ1) is 18.4. The highest BCUT2D eigenvalue weighted by atomic mass is 35.5. The van der Waals surface area contributed by atoms with Crippen molar-refractivity contribution in [2.75, 3.05) is 0 Å². The zero-order valence-electron chi connectivity index (χ0n) is 15.2. The van der Waals surface area contributed by atoms with Crippen LogP contribution >= 0.6 is 12.4 Å². The fourth-order valence-corrected chi connectivity index (χ4v) is 3.28. The maximum Gasteiger partial charge on any atom is 0.274 e. The van der Waals surface area contributed by atoms with Gasteiger partial charge in [0.1, 0.15) is 0 Å². The number of benzene rings is 1. The van der Waals surface area contributed by atoms with E-state index < -0.39 is 0 Å². The zero-order valence-corrected chi connectivity index (χ0v) is 16.0. The van der Waals surface area contributed by atoms with Crippen LogP contribution in [0.3, 0.4) is 0 Å². The summed E-state index contributed by atoms with van der Waals surface area (Å²) in [5, 5.41) is 7.32. The lowest BCUT2D eigenvalue weighted by molar-refractivity contribution is 0.432. The predicted molar refractivity (Wildman–Crippen MR) is 107 cm³/mol. The van der Waals surface area contributed by atoms with Crippen molar-refractivity contribution in [1.82, 2.24) is 24.9 Å². The molecule has 0 aliphatic heterocycles. The number of aryl methyl sites for hydroxylation is 1. The lowest BCUT2D eigenvalue weighted by Gasteiger charge is -2.03. The van der Waals surface area contributed by atoms with Crippen LogP contribution in [-0.4, -0.2) is 24.9 Å². The van der Waals surface area contributed by atoms with E-state index in [-0.39, 0.29) is 18.0 Å². The SMILES string of the molecule is Cl.Cn1[nH]c(=O)c2c(-c3nc(-c4ccc(CN)cc4)no3)cc(C3CC3)nc21. The monoisotopic (exact) mass is 398 g/mol. The van der Waals surface area contributed by atoms with Crippen molar-refractivity contribution >= 4 is 23.4 Å². The highest BCUT2D eigenvalue weighted by Crippen LogP contribution is 2.41. The van der Waals surface area contributed by atoms with Crippen molar-refractivity contribution in [3.63, 3.8) is 0 Å². The first-order valence-corrected chi connectivity index (χ1v) is 8.87. The maximum absolute atomic E-state index is 12.4. The molecule has 1 aromatic carbocycles. The molecule has 3 aromatic heterocycles. The number of H-pyrrole nitrogens is 1. The summed E-state index contributed by atoms with van der Waals surface area (Å²) in [7, 11) is 1.77. The summed E-state index contributed by atoms with van der Waals surface area (Å²) in [6.07, 6.45) is 2.22. The number of hydrogen-bond donors (Lipinski definition) is 2. The molecule has 1 fully saturated rings. The Bertz CT molecular complexity index is 1200. The average molecular weight is 399 g/mol. The summed E-state index contributed by atoms with van der Waals surface area (Å²) < 4.78 is 7.15. The third-order valence-electron chi connectivity index (χ3n) is 4.93. The van der Waals surface area contributed by atoms with Gasteiger partial charge in [0.2, 0.25) is 5.82 Å². The number of nitrogens with one attached hydrogen (secondary N) is 1. The summed E-state index contributed by atoms with van der Waals surface area (Å²) in [6, 6.07) is 9.59. The standard InChI is InChI=1S/C19H18N6O2.ClH/c1-25-17-15(18(26)23-25)13(8-14(21-17)11-6-7-11)19-22-16(24-27-19)12-4-2-10(9-20)3-5-12;/h2-5,8,11H,6-7,9,20H2,1H3,(H,23,26);1H. The van der Waals surface area contributed by atoms with Gasteiger partial charge in [-0.25, -0.2) is 4.98 Å². The Morgan fingerprint density at radius 1 is 1.25 bits per heavy atom. The van der Waals surface area contributed by atoms with Crippen molar-refractivity contribution in [3.05, 3.63) is 51.9 Å². The molecule has 0 saturated heterocycles. The first-order chi connectivity index (χ1) is 13.1. The van der Waals surface area contributed by atoms with Gasteiger partial charge in [-0.15, -0.1) is 12.4 Å². The molecular weight excluding hydrogens is 380 g/mol. The highest BCUT2D eigenvalue weighted by Gasteiger charge is 2.28. The smallest absolute Gasteiger partial charge is 0.274 e. The minimum atomic E-state index is -0.218. The van der Waals surface area contributed by atoms with E-state index in [1.165, 1.54) is 0 Å². The number of aromatic amines is 1. The molecule has 1 aliphatic rings. The molecule has 1 saturated carbocycles. The normalized spacial score (nSPS) is 13.6. The molecule has 28 heavy (non-hydrogen) atoms. The zero-order chi connectivity index (χ0) is 18.5. The molecule has 144 valence electrons. The Kier molecular flexibility index (Phi) is 4.52. The molecule has 1 aliphatic carbocycles. The van der Waals surface area contributed by atoms with Crippen molar-refractivity contribution in [3.8, 4) is 22.8 Å². The van der Waals surface area contributed by atoms with Crippen molar-refractivity contribution in [1.29, 1.82) is 0 Å². The van der Waals surface area contributed by atoms with Crippen molar-refractivity contribution in [2.45, 2.75) is 25.3 Å². The van der Waals surface area contributed by atoms with Gasteiger partial charge in [-0.3, -0.25) is 14.6 Å². The van der Waals surface area contributed by atoms with E-state index in [1.54, 1.807) is 11.7 Å².